The van der Waals surface area contributed by atoms with Crippen LogP contribution in [0.1, 0.15) is 49.9 Å². The van der Waals surface area contributed by atoms with Gasteiger partial charge in [-0.1, -0.05) is 56.3 Å². The third-order valence-electron chi connectivity index (χ3n) is 7.09. The number of amides is 3. The van der Waals surface area contributed by atoms with E-state index in [9.17, 15) is 23.6 Å². The van der Waals surface area contributed by atoms with Gasteiger partial charge in [-0.05, 0) is 54.9 Å². The Bertz CT molecular complexity index is 1230. The number of alkyl halides is 1. The van der Waals surface area contributed by atoms with Crippen LogP contribution in [-0.2, 0) is 14.4 Å². The Morgan fingerprint density at radius 3 is 2.27 bits per heavy atom. The van der Waals surface area contributed by atoms with Crippen molar-refractivity contribution < 1.29 is 23.6 Å². The monoisotopic (exact) mass is 566 g/mol. The van der Waals surface area contributed by atoms with Crippen LogP contribution in [0.15, 0.2) is 59.6 Å². The summed E-state index contributed by atoms with van der Waals surface area (Å²) in [5, 5.41) is 5.46. The molecule has 0 radical (unpaired) electrons. The van der Waals surface area contributed by atoms with Gasteiger partial charge in [0.1, 0.15) is 18.8 Å². The van der Waals surface area contributed by atoms with Crippen LogP contribution in [0.4, 0.5) is 4.39 Å². The van der Waals surface area contributed by atoms with Gasteiger partial charge in [0.2, 0.25) is 11.8 Å². The number of guanidine groups is 1. The highest BCUT2D eigenvalue weighted by atomic mass is 19.1. The first-order valence-corrected chi connectivity index (χ1v) is 13.8. The maximum absolute atomic E-state index is 13.6. The van der Waals surface area contributed by atoms with Gasteiger partial charge in [0.15, 0.2) is 11.7 Å². The van der Waals surface area contributed by atoms with E-state index in [1.54, 1.807) is 12.1 Å². The molecule has 1 aliphatic heterocycles. The van der Waals surface area contributed by atoms with E-state index in [4.69, 9.17) is 11.5 Å². The van der Waals surface area contributed by atoms with Gasteiger partial charge in [-0.3, -0.25) is 24.2 Å². The van der Waals surface area contributed by atoms with E-state index >= 15 is 0 Å². The predicted octanol–water partition coefficient (Wildman–Crippen LogP) is 2.18. The lowest BCUT2D eigenvalue weighted by molar-refractivity contribution is -0.141. The van der Waals surface area contributed by atoms with Crippen molar-refractivity contribution in [1.29, 1.82) is 0 Å². The van der Waals surface area contributed by atoms with E-state index in [2.05, 4.69) is 15.6 Å². The molecule has 10 nitrogen and oxygen atoms in total. The number of rotatable bonds is 13. The smallest absolute Gasteiger partial charge is 0.251 e. The van der Waals surface area contributed by atoms with E-state index < -0.39 is 42.4 Å². The zero-order valence-electron chi connectivity index (χ0n) is 23.5. The van der Waals surface area contributed by atoms with Crippen molar-refractivity contribution in [2.24, 2.45) is 22.4 Å². The van der Waals surface area contributed by atoms with Crippen LogP contribution in [-0.4, -0.2) is 72.3 Å². The molecule has 0 saturated carbocycles. The molecule has 0 bridgehead atoms. The van der Waals surface area contributed by atoms with Gasteiger partial charge in [0.05, 0.1) is 6.04 Å². The predicted molar refractivity (Wildman–Crippen MR) is 156 cm³/mol. The number of carbonyl (C=O) groups is 4. The number of carbonyl (C=O) groups excluding carboxylic acids is 4. The fraction of sp³-hybridized carbons (Fsp3) is 0.433. The molecule has 0 spiro atoms. The van der Waals surface area contributed by atoms with Gasteiger partial charge < -0.3 is 27.0 Å². The number of hydrogen-bond donors (Lipinski definition) is 4. The molecule has 2 aromatic rings. The molecule has 1 fully saturated rings. The second kappa shape index (κ2) is 14.9. The molecule has 1 heterocycles. The number of hydrogen-bond acceptors (Lipinski definition) is 5. The molecule has 0 unspecified atom stereocenters. The molecule has 3 amide bonds. The van der Waals surface area contributed by atoms with Crippen LogP contribution in [0.5, 0.6) is 0 Å². The third-order valence-corrected chi connectivity index (χ3v) is 7.09. The van der Waals surface area contributed by atoms with Gasteiger partial charge >= 0.3 is 0 Å². The average molecular weight is 567 g/mol. The summed E-state index contributed by atoms with van der Waals surface area (Å²) < 4.78 is 13.2. The van der Waals surface area contributed by atoms with Crippen molar-refractivity contribution in [2.75, 3.05) is 19.8 Å². The number of likely N-dealkylation sites (tertiary alicyclic amines) is 1. The maximum atomic E-state index is 13.6. The molecule has 41 heavy (non-hydrogen) atoms. The number of nitrogens with zero attached hydrogens (tertiary/aromatic N) is 2. The number of nitrogens with one attached hydrogen (secondary N) is 2. The molecule has 3 atom stereocenters. The second-order valence-corrected chi connectivity index (χ2v) is 10.4. The molecule has 3 rings (SSSR count). The first-order chi connectivity index (χ1) is 19.6. The summed E-state index contributed by atoms with van der Waals surface area (Å²) in [6.07, 6.45) is 1.48. The maximum Gasteiger partial charge on any atom is 0.251 e. The fourth-order valence-electron chi connectivity index (χ4n) is 4.84. The topological polar surface area (TPSA) is 160 Å². The molecule has 0 aliphatic carbocycles. The van der Waals surface area contributed by atoms with Gasteiger partial charge in [0.25, 0.3) is 5.91 Å². The summed E-state index contributed by atoms with van der Waals surface area (Å²) in [5.41, 5.74) is 13.0. The average Bonchev–Trinajstić information content (AvgIpc) is 3.47. The number of Topliss-reactive ketones (excluding diaryl/α,β-unsaturated/α-hetero) is 1. The highest BCUT2D eigenvalue weighted by Gasteiger charge is 2.39. The van der Waals surface area contributed by atoms with E-state index in [1.165, 1.54) is 4.90 Å². The minimum absolute atomic E-state index is 0.0986. The SMILES string of the molecule is CC(C)[C@H](NC(=O)c1ccc(-c2ccccc2)cc1)C(=O)N1CCC[C@H]1C(=O)N[C@@H](CCCN=C(N)N)C(=O)CF. The zero-order chi connectivity index (χ0) is 29.9. The number of aliphatic imine (C=N–C) groups is 1. The molecule has 11 heteroatoms. The summed E-state index contributed by atoms with van der Waals surface area (Å²) >= 11 is 0. The molecule has 1 saturated heterocycles. The molecule has 2 aromatic carbocycles. The van der Waals surface area contributed by atoms with E-state index in [0.717, 1.165) is 11.1 Å². The Hall–Kier alpha value is -4.28. The van der Waals surface area contributed by atoms with Gasteiger partial charge in [-0.15, -0.1) is 0 Å². The van der Waals surface area contributed by atoms with Gasteiger partial charge in [-0.25, -0.2) is 4.39 Å². The van der Waals surface area contributed by atoms with Gasteiger partial charge in [-0.2, -0.15) is 0 Å². The normalized spacial score (nSPS) is 16.1. The Labute approximate surface area is 239 Å². The molecular formula is C30H39FN6O4. The summed E-state index contributed by atoms with van der Waals surface area (Å²) in [6, 6.07) is 14.1. The van der Waals surface area contributed by atoms with Crippen LogP contribution >= 0.6 is 0 Å². The van der Waals surface area contributed by atoms with Crippen LogP contribution in [0.3, 0.4) is 0 Å². The van der Waals surface area contributed by atoms with Crippen molar-refractivity contribution in [3.63, 3.8) is 0 Å². The molecule has 1 aliphatic rings. The van der Waals surface area contributed by atoms with Crippen LogP contribution < -0.4 is 22.1 Å². The molecule has 0 aromatic heterocycles. The molecule has 6 N–H and O–H groups in total. The lowest BCUT2D eigenvalue weighted by atomic mass is 10.0. The second-order valence-electron chi connectivity index (χ2n) is 10.4. The van der Waals surface area contributed by atoms with Crippen molar-refractivity contribution in [3.8, 4) is 11.1 Å². The van der Waals surface area contributed by atoms with Gasteiger partial charge in [0, 0.05) is 18.7 Å². The number of nitrogens with two attached hydrogens (primary N) is 2. The van der Waals surface area contributed by atoms with E-state index in [1.807, 2.05) is 56.3 Å². The lowest BCUT2D eigenvalue weighted by Crippen LogP contribution is -2.56. The Kier molecular flexibility index (Phi) is 11.4. The first-order valence-electron chi connectivity index (χ1n) is 13.8. The highest BCUT2D eigenvalue weighted by Crippen LogP contribution is 2.22. The minimum atomic E-state index is -1.23. The van der Waals surface area contributed by atoms with Crippen molar-refractivity contribution in [2.45, 2.75) is 57.7 Å². The molecule has 220 valence electrons. The van der Waals surface area contributed by atoms with Crippen molar-refractivity contribution in [1.82, 2.24) is 15.5 Å². The van der Waals surface area contributed by atoms with Crippen molar-refractivity contribution >= 4 is 29.5 Å². The number of benzene rings is 2. The summed E-state index contributed by atoms with van der Waals surface area (Å²) in [4.78, 5) is 57.3. The van der Waals surface area contributed by atoms with E-state index in [0.29, 0.717) is 31.4 Å². The third kappa shape index (κ3) is 8.60. The zero-order valence-corrected chi connectivity index (χ0v) is 23.5. The molecular weight excluding hydrogens is 527 g/mol. The van der Waals surface area contributed by atoms with Crippen LogP contribution in [0.25, 0.3) is 11.1 Å². The van der Waals surface area contributed by atoms with Crippen LogP contribution in [0.2, 0.25) is 0 Å². The standard InChI is InChI=1S/C30H39FN6O4/c1-19(2)26(36-27(39)22-14-12-21(13-15-22)20-8-4-3-5-9-20)29(41)37-17-7-11-24(37)28(40)35-23(25(38)18-31)10-6-16-34-30(32)33/h3-5,8-9,12-15,19,23-24,26H,6-7,10-11,16-18H2,1-2H3,(H,35,40)(H,36,39)(H4,32,33,34)/t23-,24-,26-/m0/s1. The lowest BCUT2D eigenvalue weighted by Gasteiger charge is -2.31. The first kappa shape index (κ1) is 31.3. The highest BCUT2D eigenvalue weighted by molar-refractivity contribution is 5.99. The Morgan fingerprint density at radius 1 is 1.00 bits per heavy atom. The van der Waals surface area contributed by atoms with E-state index in [-0.39, 0.29) is 30.8 Å². The number of ketones is 1. The minimum Gasteiger partial charge on any atom is -0.370 e. The quantitative estimate of drug-likeness (QED) is 0.165. The summed E-state index contributed by atoms with van der Waals surface area (Å²) in [5.74, 6) is -2.42. The summed E-state index contributed by atoms with van der Waals surface area (Å²) in [6.45, 7) is 2.97. The Balaban J connectivity index is 1.67. The largest absolute Gasteiger partial charge is 0.370 e. The fourth-order valence-corrected chi connectivity index (χ4v) is 4.84. The summed E-state index contributed by atoms with van der Waals surface area (Å²) in [7, 11) is 0. The Morgan fingerprint density at radius 2 is 1.66 bits per heavy atom. The van der Waals surface area contributed by atoms with Crippen molar-refractivity contribution in [3.05, 3.63) is 60.2 Å². The number of halogens is 1. The van der Waals surface area contributed by atoms with Crippen LogP contribution in [0, 0.1) is 5.92 Å².